The lowest BCUT2D eigenvalue weighted by Gasteiger charge is -2.09. The molecule has 0 spiro atoms. The van der Waals surface area contributed by atoms with Gasteiger partial charge in [-0.25, -0.2) is 8.78 Å². The van der Waals surface area contributed by atoms with Crippen molar-refractivity contribution in [1.29, 1.82) is 0 Å². The van der Waals surface area contributed by atoms with Crippen LogP contribution in [0.4, 0.5) is 8.78 Å². The van der Waals surface area contributed by atoms with Crippen molar-refractivity contribution >= 4 is 10.8 Å². The molecule has 0 aliphatic heterocycles. The van der Waals surface area contributed by atoms with Gasteiger partial charge in [0.25, 0.3) is 0 Å². The Morgan fingerprint density at radius 2 is 1.88 bits per heavy atom. The summed E-state index contributed by atoms with van der Waals surface area (Å²) in [5, 5.41) is 1.19. The number of ether oxygens (including phenoxy) is 1. The standard InChI is InChI=1S/C13H13F2NO/c14-11-7-9-3-1-4-13(17-6-2-5-16)10(9)8-12(11)15/h1,3-4,7-8H,2,5-6,16H2. The Morgan fingerprint density at radius 1 is 1.12 bits per heavy atom. The molecule has 2 aromatic rings. The van der Waals surface area contributed by atoms with Crippen molar-refractivity contribution in [3.05, 3.63) is 42.0 Å². The molecule has 0 heterocycles. The van der Waals surface area contributed by atoms with Crippen LogP contribution in [0.5, 0.6) is 5.75 Å². The Bertz CT molecular complexity index is 528. The number of halogens is 2. The third-order valence-electron chi connectivity index (χ3n) is 2.49. The average Bonchev–Trinajstić information content (AvgIpc) is 2.32. The van der Waals surface area contributed by atoms with E-state index in [1.54, 1.807) is 18.2 Å². The molecule has 17 heavy (non-hydrogen) atoms. The monoisotopic (exact) mass is 237 g/mol. The maximum Gasteiger partial charge on any atom is 0.159 e. The van der Waals surface area contributed by atoms with Crippen LogP contribution < -0.4 is 10.5 Å². The summed E-state index contributed by atoms with van der Waals surface area (Å²) in [4.78, 5) is 0. The molecule has 0 bridgehead atoms. The zero-order valence-electron chi connectivity index (χ0n) is 9.25. The highest BCUT2D eigenvalue weighted by Gasteiger charge is 2.07. The van der Waals surface area contributed by atoms with Crippen LogP contribution in [0.3, 0.4) is 0 Å². The number of nitrogens with two attached hydrogens (primary N) is 1. The smallest absolute Gasteiger partial charge is 0.159 e. The molecule has 0 fully saturated rings. The lowest BCUT2D eigenvalue weighted by Crippen LogP contribution is -2.06. The zero-order valence-corrected chi connectivity index (χ0v) is 9.25. The number of fused-ring (bicyclic) bond motifs is 1. The van der Waals surface area contributed by atoms with E-state index in [1.807, 2.05) is 0 Å². The van der Waals surface area contributed by atoms with Gasteiger partial charge in [0.15, 0.2) is 11.6 Å². The van der Waals surface area contributed by atoms with Crippen LogP contribution in [0.2, 0.25) is 0 Å². The number of hydrogen-bond donors (Lipinski definition) is 1. The fourth-order valence-electron chi connectivity index (χ4n) is 1.63. The highest BCUT2D eigenvalue weighted by molar-refractivity contribution is 5.88. The molecule has 0 aliphatic rings. The van der Waals surface area contributed by atoms with Gasteiger partial charge in [0.2, 0.25) is 0 Å². The van der Waals surface area contributed by atoms with Gasteiger partial charge in [-0.1, -0.05) is 12.1 Å². The van der Waals surface area contributed by atoms with Crippen LogP contribution in [0, 0.1) is 11.6 Å². The van der Waals surface area contributed by atoms with Crippen LogP contribution in [0.15, 0.2) is 30.3 Å². The molecule has 0 aliphatic carbocycles. The molecule has 0 unspecified atom stereocenters. The third kappa shape index (κ3) is 2.53. The molecule has 2 N–H and O–H groups in total. The van der Waals surface area contributed by atoms with Gasteiger partial charge in [-0.05, 0) is 36.6 Å². The molecule has 2 aromatic carbocycles. The van der Waals surface area contributed by atoms with Crippen LogP contribution in [0.25, 0.3) is 10.8 Å². The minimum absolute atomic E-state index is 0.467. The maximum absolute atomic E-state index is 13.2. The van der Waals surface area contributed by atoms with Crippen molar-refractivity contribution in [3.63, 3.8) is 0 Å². The normalized spacial score (nSPS) is 10.8. The Balaban J connectivity index is 2.38. The summed E-state index contributed by atoms with van der Waals surface area (Å²) in [6, 6.07) is 7.52. The SMILES string of the molecule is NCCCOc1cccc2cc(F)c(F)cc12. The van der Waals surface area contributed by atoms with Crippen LogP contribution in [0.1, 0.15) is 6.42 Å². The van der Waals surface area contributed by atoms with E-state index in [-0.39, 0.29) is 0 Å². The van der Waals surface area contributed by atoms with Crippen molar-refractivity contribution in [1.82, 2.24) is 0 Å². The van der Waals surface area contributed by atoms with E-state index >= 15 is 0 Å². The minimum atomic E-state index is -0.868. The molecule has 2 rings (SSSR count). The fourth-order valence-corrected chi connectivity index (χ4v) is 1.63. The van der Waals surface area contributed by atoms with E-state index in [9.17, 15) is 8.78 Å². The van der Waals surface area contributed by atoms with Gasteiger partial charge in [-0.15, -0.1) is 0 Å². The molecule has 0 saturated carbocycles. The Morgan fingerprint density at radius 3 is 2.65 bits per heavy atom. The van der Waals surface area contributed by atoms with Gasteiger partial charge in [-0.3, -0.25) is 0 Å². The zero-order chi connectivity index (χ0) is 12.3. The molecule has 0 atom stereocenters. The first-order chi connectivity index (χ1) is 8.22. The molecular formula is C13H13F2NO. The predicted octanol–water partition coefficient (Wildman–Crippen LogP) is 2.85. The van der Waals surface area contributed by atoms with E-state index in [4.69, 9.17) is 10.5 Å². The quantitative estimate of drug-likeness (QED) is 0.830. The molecule has 90 valence electrons. The number of rotatable bonds is 4. The highest BCUT2D eigenvalue weighted by Crippen LogP contribution is 2.27. The Labute approximate surface area is 98.0 Å². The average molecular weight is 237 g/mol. The molecule has 4 heteroatoms. The van der Waals surface area contributed by atoms with Gasteiger partial charge in [0, 0.05) is 5.39 Å². The molecule has 0 aromatic heterocycles. The summed E-state index contributed by atoms with van der Waals surface area (Å²) in [6.07, 6.45) is 0.722. The number of benzene rings is 2. The van der Waals surface area contributed by atoms with Crippen LogP contribution in [-0.2, 0) is 0 Å². The van der Waals surface area contributed by atoms with Crippen LogP contribution >= 0.6 is 0 Å². The van der Waals surface area contributed by atoms with E-state index < -0.39 is 11.6 Å². The lowest BCUT2D eigenvalue weighted by molar-refractivity contribution is 0.317. The molecule has 0 saturated heterocycles. The molecular weight excluding hydrogens is 224 g/mol. The third-order valence-corrected chi connectivity index (χ3v) is 2.49. The molecule has 2 nitrogen and oxygen atoms in total. The second kappa shape index (κ2) is 5.10. The second-order valence-electron chi connectivity index (χ2n) is 3.73. The van der Waals surface area contributed by atoms with Gasteiger partial charge in [-0.2, -0.15) is 0 Å². The first-order valence-corrected chi connectivity index (χ1v) is 5.43. The fraction of sp³-hybridized carbons (Fsp3) is 0.231. The Kier molecular flexibility index (Phi) is 3.54. The van der Waals surface area contributed by atoms with Crippen molar-refractivity contribution < 1.29 is 13.5 Å². The van der Waals surface area contributed by atoms with Crippen molar-refractivity contribution in [2.45, 2.75) is 6.42 Å². The van der Waals surface area contributed by atoms with Gasteiger partial charge >= 0.3 is 0 Å². The van der Waals surface area contributed by atoms with E-state index in [1.165, 1.54) is 6.07 Å². The van der Waals surface area contributed by atoms with Gasteiger partial charge < -0.3 is 10.5 Å². The summed E-state index contributed by atoms with van der Waals surface area (Å²) in [6.45, 7) is 1.00. The largest absolute Gasteiger partial charge is 0.493 e. The predicted molar refractivity (Wildman–Crippen MR) is 63.0 cm³/mol. The first kappa shape index (κ1) is 11.8. The first-order valence-electron chi connectivity index (χ1n) is 5.43. The van der Waals surface area contributed by atoms with Crippen molar-refractivity contribution in [3.8, 4) is 5.75 Å². The minimum Gasteiger partial charge on any atom is -0.493 e. The van der Waals surface area contributed by atoms with E-state index in [2.05, 4.69) is 0 Å². The molecule has 0 amide bonds. The highest BCUT2D eigenvalue weighted by atomic mass is 19.2. The van der Waals surface area contributed by atoms with E-state index in [0.717, 1.165) is 12.5 Å². The van der Waals surface area contributed by atoms with Gasteiger partial charge in [0.05, 0.1) is 6.61 Å². The van der Waals surface area contributed by atoms with Gasteiger partial charge in [0.1, 0.15) is 5.75 Å². The van der Waals surface area contributed by atoms with E-state index in [0.29, 0.717) is 29.7 Å². The van der Waals surface area contributed by atoms with Crippen molar-refractivity contribution in [2.24, 2.45) is 5.73 Å². The summed E-state index contributed by atoms with van der Waals surface area (Å²) in [5.41, 5.74) is 5.36. The van der Waals surface area contributed by atoms with Crippen molar-refractivity contribution in [2.75, 3.05) is 13.2 Å². The summed E-state index contributed by atoms with van der Waals surface area (Å²) < 4.78 is 31.7. The summed E-state index contributed by atoms with van der Waals surface area (Å²) >= 11 is 0. The maximum atomic E-state index is 13.2. The second-order valence-corrected chi connectivity index (χ2v) is 3.73. The topological polar surface area (TPSA) is 35.2 Å². The lowest BCUT2D eigenvalue weighted by atomic mass is 10.1. The number of hydrogen-bond acceptors (Lipinski definition) is 2. The summed E-state index contributed by atoms with van der Waals surface area (Å²) in [7, 11) is 0. The van der Waals surface area contributed by atoms with Crippen LogP contribution in [-0.4, -0.2) is 13.2 Å². The summed E-state index contributed by atoms with van der Waals surface area (Å²) in [5.74, 6) is -1.17. The molecule has 0 radical (unpaired) electrons. The Hall–Kier alpha value is -1.68.